The Morgan fingerprint density at radius 1 is 1.12 bits per heavy atom. The summed E-state index contributed by atoms with van der Waals surface area (Å²) in [4.78, 5) is 12.2. The highest BCUT2D eigenvalue weighted by molar-refractivity contribution is 6.10. The molecule has 2 aliphatic carbocycles. The van der Waals surface area contributed by atoms with Gasteiger partial charge in [0.15, 0.2) is 5.78 Å². The van der Waals surface area contributed by atoms with Gasteiger partial charge in [0.25, 0.3) is 0 Å². The SMILES string of the molecule is CC1C2C=CC(C(=O)c3ccccc3)=CC12. The van der Waals surface area contributed by atoms with E-state index in [4.69, 9.17) is 0 Å². The lowest BCUT2D eigenvalue weighted by Gasteiger charge is -2.05. The molecule has 16 heavy (non-hydrogen) atoms. The van der Waals surface area contributed by atoms with Gasteiger partial charge in [0.05, 0.1) is 0 Å². The van der Waals surface area contributed by atoms with Crippen molar-refractivity contribution < 1.29 is 4.79 Å². The van der Waals surface area contributed by atoms with E-state index >= 15 is 0 Å². The third-order valence-electron chi connectivity index (χ3n) is 3.69. The van der Waals surface area contributed by atoms with Crippen molar-refractivity contribution in [3.8, 4) is 0 Å². The second-order valence-corrected chi connectivity index (χ2v) is 4.69. The molecule has 0 amide bonds. The molecule has 3 unspecified atom stereocenters. The molecule has 0 saturated heterocycles. The Labute approximate surface area is 95.5 Å². The van der Waals surface area contributed by atoms with E-state index in [2.05, 4.69) is 19.1 Å². The Hall–Kier alpha value is -1.63. The third-order valence-corrected chi connectivity index (χ3v) is 3.69. The standard InChI is InChI=1S/C15H14O/c1-10-13-8-7-12(9-14(10)13)15(16)11-5-3-2-4-6-11/h2-10,13-14H,1H3. The van der Waals surface area contributed by atoms with Crippen molar-refractivity contribution >= 4 is 5.78 Å². The molecule has 0 spiro atoms. The molecule has 2 aliphatic rings. The maximum absolute atomic E-state index is 12.2. The van der Waals surface area contributed by atoms with E-state index in [1.54, 1.807) is 0 Å². The predicted octanol–water partition coefficient (Wildman–Crippen LogP) is 3.25. The van der Waals surface area contributed by atoms with Crippen molar-refractivity contribution in [1.82, 2.24) is 0 Å². The van der Waals surface area contributed by atoms with Crippen molar-refractivity contribution in [3.05, 3.63) is 59.7 Å². The van der Waals surface area contributed by atoms with Crippen LogP contribution in [0.4, 0.5) is 0 Å². The van der Waals surface area contributed by atoms with Gasteiger partial charge in [-0.2, -0.15) is 0 Å². The zero-order valence-corrected chi connectivity index (χ0v) is 9.26. The van der Waals surface area contributed by atoms with Crippen LogP contribution in [0.25, 0.3) is 0 Å². The summed E-state index contributed by atoms with van der Waals surface area (Å²) >= 11 is 0. The van der Waals surface area contributed by atoms with Crippen LogP contribution in [0.1, 0.15) is 17.3 Å². The third kappa shape index (κ3) is 1.44. The smallest absolute Gasteiger partial charge is 0.192 e. The van der Waals surface area contributed by atoms with Crippen molar-refractivity contribution in [2.45, 2.75) is 6.92 Å². The average molecular weight is 210 g/mol. The first kappa shape index (κ1) is 9.59. The Morgan fingerprint density at radius 2 is 1.88 bits per heavy atom. The highest BCUT2D eigenvalue weighted by Gasteiger charge is 2.44. The number of rotatable bonds is 2. The summed E-state index contributed by atoms with van der Waals surface area (Å²) in [6, 6.07) is 9.49. The first-order valence-corrected chi connectivity index (χ1v) is 5.77. The summed E-state index contributed by atoms with van der Waals surface area (Å²) < 4.78 is 0. The van der Waals surface area contributed by atoms with E-state index in [1.165, 1.54) is 0 Å². The first-order valence-electron chi connectivity index (χ1n) is 5.77. The maximum atomic E-state index is 12.2. The Balaban J connectivity index is 1.87. The molecule has 1 heteroatoms. The molecular weight excluding hydrogens is 196 g/mol. The predicted molar refractivity (Wildman–Crippen MR) is 64.1 cm³/mol. The molecule has 0 aliphatic heterocycles. The minimum Gasteiger partial charge on any atom is -0.289 e. The highest BCUT2D eigenvalue weighted by Crippen LogP contribution is 2.50. The van der Waals surface area contributed by atoms with Gasteiger partial charge < -0.3 is 0 Å². The Bertz CT molecular complexity index is 481. The lowest BCUT2D eigenvalue weighted by atomic mass is 9.98. The van der Waals surface area contributed by atoms with Gasteiger partial charge in [0, 0.05) is 11.1 Å². The quantitative estimate of drug-likeness (QED) is 0.685. The van der Waals surface area contributed by atoms with Crippen LogP contribution in [0.3, 0.4) is 0 Å². The van der Waals surface area contributed by atoms with E-state index < -0.39 is 0 Å². The van der Waals surface area contributed by atoms with Crippen LogP contribution >= 0.6 is 0 Å². The average Bonchev–Trinajstić information content (AvgIpc) is 3.00. The summed E-state index contributed by atoms with van der Waals surface area (Å²) in [6.45, 7) is 2.24. The van der Waals surface area contributed by atoms with Crippen LogP contribution in [0.2, 0.25) is 0 Å². The molecule has 0 radical (unpaired) electrons. The summed E-state index contributed by atoms with van der Waals surface area (Å²) in [7, 11) is 0. The zero-order valence-electron chi connectivity index (χ0n) is 9.26. The molecule has 0 aromatic heterocycles. The van der Waals surface area contributed by atoms with Gasteiger partial charge in [0.2, 0.25) is 0 Å². The number of Topliss-reactive ketones (excluding diaryl/α,β-unsaturated/α-hetero) is 1. The minimum atomic E-state index is 0.148. The summed E-state index contributed by atoms with van der Waals surface area (Å²) in [6.07, 6.45) is 6.32. The molecule has 3 atom stereocenters. The van der Waals surface area contributed by atoms with Gasteiger partial charge in [0.1, 0.15) is 0 Å². The summed E-state index contributed by atoms with van der Waals surface area (Å²) in [5, 5.41) is 0. The Morgan fingerprint density at radius 3 is 2.56 bits per heavy atom. The van der Waals surface area contributed by atoms with Gasteiger partial charge in [-0.1, -0.05) is 55.5 Å². The molecule has 1 aromatic rings. The fourth-order valence-corrected chi connectivity index (χ4v) is 2.48. The van der Waals surface area contributed by atoms with Gasteiger partial charge in [-0.3, -0.25) is 4.79 Å². The second-order valence-electron chi connectivity index (χ2n) is 4.69. The van der Waals surface area contributed by atoms with Gasteiger partial charge in [-0.15, -0.1) is 0 Å². The number of benzene rings is 1. The van der Waals surface area contributed by atoms with E-state index in [-0.39, 0.29) is 5.78 Å². The Kier molecular flexibility index (Phi) is 2.06. The number of hydrogen-bond acceptors (Lipinski definition) is 1. The van der Waals surface area contributed by atoms with Crippen LogP contribution in [0.15, 0.2) is 54.1 Å². The molecule has 80 valence electrons. The van der Waals surface area contributed by atoms with Gasteiger partial charge in [-0.05, 0) is 17.8 Å². The molecule has 0 bridgehead atoms. The van der Waals surface area contributed by atoms with Crippen molar-refractivity contribution in [2.75, 3.05) is 0 Å². The van der Waals surface area contributed by atoms with Crippen molar-refractivity contribution in [3.63, 3.8) is 0 Å². The van der Waals surface area contributed by atoms with Crippen LogP contribution in [-0.2, 0) is 0 Å². The maximum Gasteiger partial charge on any atom is 0.192 e. The lowest BCUT2D eigenvalue weighted by Crippen LogP contribution is -2.03. The molecule has 0 N–H and O–H groups in total. The summed E-state index contributed by atoms with van der Waals surface area (Å²) in [5.41, 5.74) is 1.64. The van der Waals surface area contributed by atoms with E-state index in [0.717, 1.165) is 17.1 Å². The molecule has 3 rings (SSSR count). The number of allylic oxidation sites excluding steroid dienone is 4. The monoisotopic (exact) mass is 210 g/mol. The molecule has 0 heterocycles. The van der Waals surface area contributed by atoms with E-state index in [1.807, 2.05) is 36.4 Å². The first-order chi connectivity index (χ1) is 7.77. The normalized spacial score (nSPS) is 30.6. The van der Waals surface area contributed by atoms with Gasteiger partial charge in [-0.25, -0.2) is 0 Å². The number of fused-ring (bicyclic) bond motifs is 1. The number of carbonyl (C=O) groups excluding carboxylic acids is 1. The number of carbonyl (C=O) groups is 1. The van der Waals surface area contributed by atoms with Crippen molar-refractivity contribution in [1.29, 1.82) is 0 Å². The highest BCUT2D eigenvalue weighted by atomic mass is 16.1. The minimum absolute atomic E-state index is 0.148. The number of hydrogen-bond donors (Lipinski definition) is 0. The summed E-state index contributed by atoms with van der Waals surface area (Å²) in [5.74, 6) is 2.16. The van der Waals surface area contributed by atoms with E-state index in [0.29, 0.717) is 11.8 Å². The topological polar surface area (TPSA) is 17.1 Å². The largest absolute Gasteiger partial charge is 0.289 e. The molecular formula is C15H14O. The molecule has 1 fully saturated rings. The molecule has 1 saturated carbocycles. The fraction of sp³-hybridized carbons (Fsp3) is 0.267. The van der Waals surface area contributed by atoms with Crippen LogP contribution in [0.5, 0.6) is 0 Å². The molecule has 1 aromatic carbocycles. The number of ketones is 1. The van der Waals surface area contributed by atoms with Crippen LogP contribution in [-0.4, -0.2) is 5.78 Å². The lowest BCUT2D eigenvalue weighted by molar-refractivity contribution is 0.103. The van der Waals surface area contributed by atoms with Crippen molar-refractivity contribution in [2.24, 2.45) is 17.8 Å². The van der Waals surface area contributed by atoms with E-state index in [9.17, 15) is 4.79 Å². The fourth-order valence-electron chi connectivity index (χ4n) is 2.48. The van der Waals surface area contributed by atoms with Gasteiger partial charge >= 0.3 is 0 Å². The van der Waals surface area contributed by atoms with Crippen LogP contribution < -0.4 is 0 Å². The molecule has 1 nitrogen and oxygen atoms in total. The second kappa shape index (κ2) is 3.44. The zero-order chi connectivity index (χ0) is 11.1. The van der Waals surface area contributed by atoms with Crippen LogP contribution in [0, 0.1) is 17.8 Å².